The van der Waals surface area contributed by atoms with Crippen LogP contribution in [0.2, 0.25) is 0 Å². The number of aryl methyl sites for hydroxylation is 1. The molecule has 0 saturated carbocycles. The Bertz CT molecular complexity index is 3800. The van der Waals surface area contributed by atoms with Crippen molar-refractivity contribution in [3.05, 3.63) is 235 Å². The number of benzene rings is 6. The molecule has 0 saturated heterocycles. The number of hydrogen-bond donors (Lipinski definition) is 2. The Labute approximate surface area is 437 Å². The highest BCUT2D eigenvalue weighted by Gasteiger charge is 2.22. The van der Waals surface area contributed by atoms with Gasteiger partial charge in [-0.25, -0.2) is 0 Å². The molecule has 5 heteroatoms. The molecule has 3 heterocycles. The topological polar surface area (TPSA) is 52.8 Å². The molecule has 1 atom stereocenters. The van der Waals surface area contributed by atoms with Gasteiger partial charge in [-0.15, -0.1) is 6.58 Å². The van der Waals surface area contributed by atoms with Gasteiger partial charge in [-0.1, -0.05) is 159 Å². The van der Waals surface area contributed by atoms with E-state index in [9.17, 15) is 0 Å². The number of aromatic nitrogens is 3. The highest BCUT2D eigenvalue weighted by atomic mass is 15.0. The minimum absolute atomic E-state index is 0.0480. The summed E-state index contributed by atoms with van der Waals surface area (Å²) in [7, 11) is 2.06. The van der Waals surface area contributed by atoms with Gasteiger partial charge in [0.25, 0.3) is 0 Å². The summed E-state index contributed by atoms with van der Waals surface area (Å²) in [5.74, 6) is 0. The molecule has 370 valence electrons. The van der Waals surface area contributed by atoms with Crippen LogP contribution in [0.4, 0.5) is 0 Å². The van der Waals surface area contributed by atoms with Crippen LogP contribution in [0.1, 0.15) is 82.2 Å². The van der Waals surface area contributed by atoms with Gasteiger partial charge in [-0.05, 0) is 146 Å². The van der Waals surface area contributed by atoms with Crippen LogP contribution in [0, 0.1) is 0 Å². The molecular formula is C69H69N5. The number of rotatable bonds is 18. The first-order valence-corrected chi connectivity index (χ1v) is 26.6. The van der Waals surface area contributed by atoms with E-state index < -0.39 is 0 Å². The van der Waals surface area contributed by atoms with Crippen LogP contribution < -0.4 is 11.1 Å². The van der Waals surface area contributed by atoms with E-state index in [1.807, 2.05) is 6.08 Å². The van der Waals surface area contributed by atoms with Crippen molar-refractivity contribution in [3.8, 4) is 11.1 Å². The van der Waals surface area contributed by atoms with Gasteiger partial charge in [0.05, 0.1) is 16.6 Å². The van der Waals surface area contributed by atoms with Gasteiger partial charge in [-0.2, -0.15) is 0 Å². The lowest BCUT2D eigenvalue weighted by atomic mass is 9.94. The minimum Gasteiger partial charge on any atom is -0.398 e. The average Bonchev–Trinajstić information content (AvgIpc) is 4.03. The average molecular weight is 968 g/mol. The van der Waals surface area contributed by atoms with Gasteiger partial charge >= 0.3 is 0 Å². The predicted molar refractivity (Wildman–Crippen MR) is 323 cm³/mol. The maximum absolute atomic E-state index is 7.16. The van der Waals surface area contributed by atoms with Gasteiger partial charge < -0.3 is 24.8 Å². The van der Waals surface area contributed by atoms with Crippen molar-refractivity contribution in [2.75, 3.05) is 7.05 Å². The Balaban J connectivity index is 1.03. The van der Waals surface area contributed by atoms with E-state index in [1.165, 1.54) is 99.3 Å². The van der Waals surface area contributed by atoms with Crippen LogP contribution in [0.5, 0.6) is 0 Å². The number of hydrogen-bond acceptors (Lipinski definition) is 2. The number of unbranched alkanes of at least 4 members (excludes halogenated alkanes) is 1. The third kappa shape index (κ3) is 9.52. The number of nitrogens with zero attached hydrogens (tertiary/aromatic N) is 3. The number of nitrogens with one attached hydrogen (secondary N) is 1. The molecular weight excluding hydrogens is 899 g/mol. The lowest BCUT2D eigenvalue weighted by Gasteiger charge is -2.21. The van der Waals surface area contributed by atoms with Gasteiger partial charge in [0.2, 0.25) is 0 Å². The number of para-hydroxylation sites is 1. The molecule has 0 amide bonds. The Morgan fingerprint density at radius 3 is 2.32 bits per heavy atom. The van der Waals surface area contributed by atoms with Crippen molar-refractivity contribution in [3.63, 3.8) is 0 Å². The van der Waals surface area contributed by atoms with Crippen LogP contribution in [0.25, 0.3) is 94.3 Å². The summed E-state index contributed by atoms with van der Waals surface area (Å²) in [5.41, 5.74) is 24.8. The Morgan fingerprint density at radius 1 is 0.757 bits per heavy atom. The second kappa shape index (κ2) is 22.3. The molecule has 1 aliphatic rings. The summed E-state index contributed by atoms with van der Waals surface area (Å²) < 4.78 is 7.36. The summed E-state index contributed by atoms with van der Waals surface area (Å²) in [6.45, 7) is 13.5. The zero-order valence-corrected chi connectivity index (χ0v) is 43.8. The van der Waals surface area contributed by atoms with Crippen molar-refractivity contribution in [1.29, 1.82) is 0 Å². The maximum Gasteiger partial charge on any atom is 0.0546 e. The second-order valence-electron chi connectivity index (χ2n) is 19.5. The zero-order chi connectivity index (χ0) is 51.1. The highest BCUT2D eigenvalue weighted by molar-refractivity contribution is 6.14. The van der Waals surface area contributed by atoms with Crippen molar-refractivity contribution >= 4 is 83.1 Å². The number of nitrogens with two attached hydrogens (primary N) is 1. The largest absolute Gasteiger partial charge is 0.398 e. The van der Waals surface area contributed by atoms with Gasteiger partial charge in [0.15, 0.2) is 0 Å². The SMILES string of the molecule is C=CC/C(=C\C=C/C)n1ccc2cc3c4cc(C5=Cc6c(n(/C(C=CCCC)=C/C)c7ccccc67)CC=C5)ccc4n(CCCC(NC)C(/C=C\C)=C(\N)c4ccc(-c5cccc6ccccc56)cc4)c3cc21. The summed E-state index contributed by atoms with van der Waals surface area (Å²) in [4.78, 5) is 0. The molecule has 0 aliphatic heterocycles. The summed E-state index contributed by atoms with van der Waals surface area (Å²) >= 11 is 0. The molecule has 9 aromatic rings. The standard InChI is InChI=1S/C69H69N5/c1-7-12-14-28-54(11-5)74-65-33-18-17-30-58(65)60-44-51(26-20-34-66(60)74)52-39-40-64-61(45-52)62-46-53-41-43-72(55(22-9-3)27-13-8-2)67(53)47-68(62)73(64)42-21-32-63(71-6)59(23-10-4)69(70)50-37-35-49(36-38-50)57-31-19-25-48-24-15-16-29-56(48)57/h8-11,13-20,23-31,33,35-41,43-47,63,71H,3,7,12,21-22,32,34,42,70H2,1-2,4-6H3/b13-8-,23-10-,28-14?,54-11+,55-27+,69-59-. The van der Waals surface area contributed by atoms with Crippen molar-refractivity contribution < 1.29 is 0 Å². The van der Waals surface area contributed by atoms with Crippen LogP contribution in [-0.4, -0.2) is 26.8 Å². The lowest BCUT2D eigenvalue weighted by molar-refractivity contribution is 0.538. The predicted octanol–water partition coefficient (Wildman–Crippen LogP) is 17.7. The van der Waals surface area contributed by atoms with Gasteiger partial charge in [0.1, 0.15) is 0 Å². The first-order chi connectivity index (χ1) is 36.4. The molecule has 3 aromatic heterocycles. The fraction of sp³-hybridized carbons (Fsp3) is 0.188. The summed E-state index contributed by atoms with van der Waals surface area (Å²) in [6, 6.07) is 47.0. The molecule has 1 aliphatic carbocycles. The van der Waals surface area contributed by atoms with Gasteiger partial charge in [0, 0.05) is 87.0 Å². The molecule has 0 spiro atoms. The number of allylic oxidation sites excluding steroid dienone is 13. The zero-order valence-electron chi connectivity index (χ0n) is 43.8. The molecule has 74 heavy (non-hydrogen) atoms. The third-order valence-electron chi connectivity index (χ3n) is 14.9. The Kier molecular flexibility index (Phi) is 14.9. The molecule has 10 rings (SSSR count). The second-order valence-corrected chi connectivity index (χ2v) is 19.5. The van der Waals surface area contributed by atoms with Gasteiger partial charge in [-0.3, -0.25) is 0 Å². The fourth-order valence-corrected chi connectivity index (χ4v) is 11.3. The van der Waals surface area contributed by atoms with Crippen LogP contribution >= 0.6 is 0 Å². The summed E-state index contributed by atoms with van der Waals surface area (Å²) in [5, 5.41) is 11.2. The first kappa shape index (κ1) is 49.5. The quantitative estimate of drug-likeness (QED) is 0.0665. The summed E-state index contributed by atoms with van der Waals surface area (Å²) in [6.07, 6.45) is 34.5. The monoisotopic (exact) mass is 968 g/mol. The van der Waals surface area contributed by atoms with Crippen molar-refractivity contribution in [1.82, 2.24) is 19.0 Å². The first-order valence-electron chi connectivity index (χ1n) is 26.6. The van der Waals surface area contributed by atoms with Crippen LogP contribution in [-0.2, 0) is 13.0 Å². The maximum atomic E-state index is 7.16. The molecule has 0 fully saturated rings. The molecule has 6 aromatic carbocycles. The van der Waals surface area contributed by atoms with E-state index in [2.05, 4.69) is 261 Å². The molecule has 3 N–H and O–H groups in total. The van der Waals surface area contributed by atoms with Crippen molar-refractivity contribution in [2.45, 2.75) is 78.8 Å². The molecule has 1 unspecified atom stereocenters. The number of fused-ring (bicyclic) bond motifs is 8. The van der Waals surface area contributed by atoms with Crippen LogP contribution in [0.15, 0.2) is 213 Å². The molecule has 0 radical (unpaired) electrons. The van der Waals surface area contributed by atoms with E-state index in [1.54, 1.807) is 0 Å². The third-order valence-corrected chi connectivity index (χ3v) is 14.9. The van der Waals surface area contributed by atoms with E-state index >= 15 is 0 Å². The van der Waals surface area contributed by atoms with Crippen molar-refractivity contribution in [2.24, 2.45) is 5.73 Å². The van der Waals surface area contributed by atoms with E-state index in [4.69, 9.17) is 5.73 Å². The lowest BCUT2D eigenvalue weighted by Crippen LogP contribution is -2.29. The molecule has 0 bridgehead atoms. The van der Waals surface area contributed by atoms with E-state index in [-0.39, 0.29) is 6.04 Å². The minimum atomic E-state index is 0.0480. The van der Waals surface area contributed by atoms with Crippen LogP contribution in [0.3, 0.4) is 0 Å². The Hall–Kier alpha value is -8.12. The Morgan fingerprint density at radius 2 is 1.54 bits per heavy atom. The smallest absolute Gasteiger partial charge is 0.0546 e. The highest BCUT2D eigenvalue weighted by Crippen LogP contribution is 2.40. The van der Waals surface area contributed by atoms with E-state index in [0.29, 0.717) is 0 Å². The number of likely N-dealkylation sites (N-methyl/N-ethyl adjacent to an activating group) is 1. The molecule has 5 nitrogen and oxygen atoms in total. The normalized spacial score (nSPS) is 14.4. The van der Waals surface area contributed by atoms with E-state index in [0.717, 1.165) is 61.9 Å². The fourth-order valence-electron chi connectivity index (χ4n) is 11.3.